The summed E-state index contributed by atoms with van der Waals surface area (Å²) in [5.41, 5.74) is 1.86. The Hall–Kier alpha value is -2.25. The van der Waals surface area contributed by atoms with Crippen LogP contribution in [-0.4, -0.2) is 23.4 Å². The summed E-state index contributed by atoms with van der Waals surface area (Å²) in [6.45, 7) is 1.77. The molecule has 3 aromatic rings. The number of anilines is 1. The molecule has 22 heavy (non-hydrogen) atoms. The molecule has 0 atom stereocenters. The highest BCUT2D eigenvalue weighted by Gasteiger charge is 2.18. The van der Waals surface area contributed by atoms with E-state index in [1.165, 1.54) is 12.3 Å². The highest BCUT2D eigenvalue weighted by molar-refractivity contribution is 7.92. The van der Waals surface area contributed by atoms with Crippen molar-refractivity contribution >= 4 is 38.5 Å². The van der Waals surface area contributed by atoms with Crippen LogP contribution >= 0.6 is 11.6 Å². The van der Waals surface area contributed by atoms with Gasteiger partial charge in [-0.3, -0.25) is 9.71 Å². The summed E-state index contributed by atoms with van der Waals surface area (Å²) in [6, 6.07) is 10.1. The molecular weight excluding hydrogens is 324 g/mol. The summed E-state index contributed by atoms with van der Waals surface area (Å²) < 4.78 is 27.0. The number of para-hydroxylation sites is 2. The number of hydrogen-bond acceptors (Lipinski definition) is 5. The molecule has 112 valence electrons. The highest BCUT2D eigenvalue weighted by Crippen LogP contribution is 2.23. The number of halogens is 1. The van der Waals surface area contributed by atoms with Gasteiger partial charge < -0.3 is 0 Å². The number of rotatable bonds is 3. The molecule has 6 nitrogen and oxygen atoms in total. The van der Waals surface area contributed by atoms with Gasteiger partial charge in [-0.1, -0.05) is 23.7 Å². The van der Waals surface area contributed by atoms with Gasteiger partial charge in [0.25, 0.3) is 10.0 Å². The average Bonchev–Trinajstić information content (AvgIpc) is 2.48. The van der Waals surface area contributed by atoms with Crippen molar-refractivity contribution in [3.05, 3.63) is 53.4 Å². The summed E-state index contributed by atoms with van der Waals surface area (Å²) >= 11 is 6.01. The van der Waals surface area contributed by atoms with Crippen molar-refractivity contribution in [3.8, 4) is 0 Å². The number of aromatic nitrogens is 3. The van der Waals surface area contributed by atoms with Crippen LogP contribution in [0, 0.1) is 6.92 Å². The van der Waals surface area contributed by atoms with Gasteiger partial charge in [-0.2, -0.15) is 0 Å². The molecule has 1 aromatic carbocycles. The van der Waals surface area contributed by atoms with Crippen LogP contribution in [0.2, 0.25) is 5.15 Å². The summed E-state index contributed by atoms with van der Waals surface area (Å²) in [4.78, 5) is 12.3. The average molecular weight is 335 g/mol. The number of nitrogens with zero attached hydrogens (tertiary/aromatic N) is 3. The normalized spacial score (nSPS) is 11.5. The summed E-state index contributed by atoms with van der Waals surface area (Å²) in [5, 5.41) is -0.0117. The Bertz CT molecular complexity index is 943. The number of aryl methyl sites for hydroxylation is 1. The Morgan fingerprint density at radius 1 is 1.05 bits per heavy atom. The van der Waals surface area contributed by atoms with Crippen molar-refractivity contribution in [1.82, 2.24) is 15.0 Å². The zero-order valence-electron chi connectivity index (χ0n) is 11.5. The second-order valence-corrected chi connectivity index (χ2v) is 6.63. The third-order valence-electron chi connectivity index (χ3n) is 2.95. The molecule has 2 aromatic heterocycles. The van der Waals surface area contributed by atoms with E-state index in [9.17, 15) is 8.42 Å². The van der Waals surface area contributed by atoms with Crippen molar-refractivity contribution in [2.75, 3.05) is 4.72 Å². The minimum absolute atomic E-state index is 0.0117. The lowest BCUT2D eigenvalue weighted by molar-refractivity contribution is 0.600. The molecule has 0 saturated carbocycles. The molecule has 0 amide bonds. The predicted octanol–water partition coefficient (Wildman–Crippen LogP) is 2.79. The molecule has 0 unspecified atom stereocenters. The molecule has 0 aliphatic carbocycles. The van der Waals surface area contributed by atoms with E-state index in [0.717, 1.165) is 5.69 Å². The summed E-state index contributed by atoms with van der Waals surface area (Å²) in [7, 11) is -3.82. The van der Waals surface area contributed by atoms with E-state index in [-0.39, 0.29) is 15.9 Å². The maximum atomic E-state index is 12.3. The first-order chi connectivity index (χ1) is 10.5. The van der Waals surface area contributed by atoms with E-state index in [2.05, 4.69) is 19.7 Å². The summed E-state index contributed by atoms with van der Waals surface area (Å²) in [5.74, 6) is -0.0130. The Morgan fingerprint density at radius 2 is 1.73 bits per heavy atom. The Labute approximate surface area is 132 Å². The van der Waals surface area contributed by atoms with Gasteiger partial charge in [-0.25, -0.2) is 18.4 Å². The van der Waals surface area contributed by atoms with Crippen LogP contribution in [0.3, 0.4) is 0 Å². The zero-order chi connectivity index (χ0) is 15.7. The molecule has 0 spiro atoms. The largest absolute Gasteiger partial charge is 0.264 e. The molecule has 8 heteroatoms. The van der Waals surface area contributed by atoms with Crippen molar-refractivity contribution in [3.63, 3.8) is 0 Å². The van der Waals surface area contributed by atoms with Crippen LogP contribution in [0.4, 0.5) is 5.82 Å². The van der Waals surface area contributed by atoms with Crippen molar-refractivity contribution in [1.29, 1.82) is 0 Å². The number of nitrogens with one attached hydrogen (secondary N) is 1. The number of hydrogen-bond donors (Lipinski definition) is 1. The molecule has 0 bridgehead atoms. The molecule has 0 aliphatic rings. The van der Waals surface area contributed by atoms with E-state index < -0.39 is 10.0 Å². The third kappa shape index (κ3) is 2.86. The number of benzene rings is 1. The topological polar surface area (TPSA) is 84.8 Å². The molecular formula is C14H11ClN4O2S. The zero-order valence-corrected chi connectivity index (χ0v) is 13.1. The lowest BCUT2D eigenvalue weighted by atomic mass is 10.3. The van der Waals surface area contributed by atoms with E-state index in [1.807, 2.05) is 0 Å². The minimum atomic E-state index is -3.82. The molecule has 0 aliphatic heterocycles. The quantitative estimate of drug-likeness (QED) is 0.796. The van der Waals surface area contributed by atoms with E-state index in [1.54, 1.807) is 37.3 Å². The van der Waals surface area contributed by atoms with Crippen LogP contribution in [0.25, 0.3) is 11.0 Å². The van der Waals surface area contributed by atoms with Gasteiger partial charge in [0.15, 0.2) is 11.0 Å². The van der Waals surface area contributed by atoms with E-state index in [4.69, 9.17) is 11.6 Å². The minimum Gasteiger partial charge on any atom is -0.261 e. The maximum absolute atomic E-state index is 12.3. The Balaban J connectivity index is 2.01. The first-order valence-electron chi connectivity index (χ1n) is 6.33. The Morgan fingerprint density at radius 3 is 2.36 bits per heavy atom. The molecule has 1 N–H and O–H groups in total. The highest BCUT2D eigenvalue weighted by atomic mass is 35.5. The molecule has 0 saturated heterocycles. The van der Waals surface area contributed by atoms with Crippen molar-refractivity contribution in [2.45, 2.75) is 11.8 Å². The van der Waals surface area contributed by atoms with Crippen molar-refractivity contribution in [2.24, 2.45) is 0 Å². The maximum Gasteiger partial charge on any atom is 0.264 e. The molecule has 0 fully saturated rings. The van der Waals surface area contributed by atoms with E-state index in [0.29, 0.717) is 11.0 Å². The van der Waals surface area contributed by atoms with Crippen molar-refractivity contribution < 1.29 is 8.42 Å². The van der Waals surface area contributed by atoms with Gasteiger partial charge >= 0.3 is 0 Å². The monoisotopic (exact) mass is 334 g/mol. The SMILES string of the molecule is Cc1ccc(S(=O)(=O)Nc2nc3ccccc3nc2Cl)cn1. The molecule has 2 heterocycles. The second kappa shape index (κ2) is 5.51. The van der Waals surface area contributed by atoms with Crippen LogP contribution in [0.5, 0.6) is 0 Å². The van der Waals surface area contributed by atoms with Crippen LogP contribution in [-0.2, 0) is 10.0 Å². The van der Waals surface area contributed by atoms with Gasteiger partial charge in [-0.15, -0.1) is 0 Å². The first kappa shape index (κ1) is 14.7. The third-order valence-corrected chi connectivity index (χ3v) is 4.54. The smallest absolute Gasteiger partial charge is 0.261 e. The fourth-order valence-corrected chi connectivity index (χ4v) is 3.03. The van der Waals surface area contributed by atoms with Gasteiger partial charge in [-0.05, 0) is 31.2 Å². The van der Waals surface area contributed by atoms with E-state index >= 15 is 0 Å². The predicted molar refractivity (Wildman–Crippen MR) is 84.3 cm³/mol. The fraction of sp³-hybridized carbons (Fsp3) is 0.0714. The van der Waals surface area contributed by atoms with Gasteiger partial charge in [0.05, 0.1) is 11.0 Å². The number of fused-ring (bicyclic) bond motifs is 1. The van der Waals surface area contributed by atoms with Crippen LogP contribution < -0.4 is 4.72 Å². The molecule has 0 radical (unpaired) electrons. The molecule has 3 rings (SSSR count). The van der Waals surface area contributed by atoms with Gasteiger partial charge in [0.2, 0.25) is 0 Å². The van der Waals surface area contributed by atoms with Crippen LogP contribution in [0.15, 0.2) is 47.5 Å². The number of sulfonamides is 1. The lowest BCUT2D eigenvalue weighted by Crippen LogP contribution is -2.15. The van der Waals surface area contributed by atoms with Gasteiger partial charge in [0.1, 0.15) is 4.90 Å². The standard InChI is InChI=1S/C14H11ClN4O2S/c1-9-6-7-10(8-16-9)22(20,21)19-14-13(15)17-11-4-2-3-5-12(11)18-14/h2-8H,1H3,(H,18,19). The first-order valence-corrected chi connectivity index (χ1v) is 8.19. The fourth-order valence-electron chi connectivity index (χ4n) is 1.84. The summed E-state index contributed by atoms with van der Waals surface area (Å²) in [6.07, 6.45) is 1.28. The van der Waals surface area contributed by atoms with Crippen LogP contribution in [0.1, 0.15) is 5.69 Å². The lowest BCUT2D eigenvalue weighted by Gasteiger charge is -2.09. The second-order valence-electron chi connectivity index (χ2n) is 4.59. The Kier molecular flexibility index (Phi) is 3.67. The number of pyridine rings is 1. The van der Waals surface area contributed by atoms with Gasteiger partial charge in [0, 0.05) is 11.9 Å².